The van der Waals surface area contributed by atoms with E-state index in [1.807, 2.05) is 19.9 Å². The van der Waals surface area contributed by atoms with Crippen LogP contribution in [0.25, 0.3) is 0 Å². The Morgan fingerprint density at radius 2 is 1.72 bits per heavy atom. The van der Waals surface area contributed by atoms with Gasteiger partial charge in [-0.15, -0.1) is 0 Å². The van der Waals surface area contributed by atoms with Crippen molar-refractivity contribution in [2.24, 2.45) is 0 Å². The van der Waals surface area contributed by atoms with Gasteiger partial charge in [0, 0.05) is 5.69 Å². The van der Waals surface area contributed by atoms with Crippen molar-refractivity contribution in [2.75, 3.05) is 5.32 Å². The van der Waals surface area contributed by atoms with Crippen molar-refractivity contribution < 1.29 is 17.4 Å². The maximum absolute atomic E-state index is 12.5. The monoisotopic (exact) mass is 361 g/mol. The van der Waals surface area contributed by atoms with Crippen LogP contribution in [0.1, 0.15) is 31.7 Å². The Morgan fingerprint density at radius 1 is 1.08 bits per heavy atom. The Bertz CT molecular complexity index is 786. The number of amides is 1. The van der Waals surface area contributed by atoms with Crippen LogP contribution in [0.3, 0.4) is 0 Å². The molecule has 1 amide bonds. The number of para-hydroxylation sites is 1. The first kappa shape index (κ1) is 19.1. The van der Waals surface area contributed by atoms with Crippen LogP contribution in [-0.2, 0) is 19.1 Å². The summed E-state index contributed by atoms with van der Waals surface area (Å²) < 4.78 is 30.2. The van der Waals surface area contributed by atoms with Gasteiger partial charge in [0.05, 0.1) is 4.90 Å². The highest BCUT2D eigenvalue weighted by atomic mass is 32.2. The molecule has 134 valence electrons. The second-order valence-corrected chi connectivity index (χ2v) is 7.42. The molecular formula is C19H23NO4S. The lowest BCUT2D eigenvalue weighted by molar-refractivity contribution is -0.122. The smallest absolute Gasteiger partial charge is 0.297 e. The maximum atomic E-state index is 12.5. The first-order valence-electron chi connectivity index (χ1n) is 8.28. The Hall–Kier alpha value is -2.18. The molecule has 0 aliphatic carbocycles. The zero-order chi connectivity index (χ0) is 18.3. The van der Waals surface area contributed by atoms with E-state index in [1.165, 1.54) is 12.1 Å². The quantitative estimate of drug-likeness (QED) is 0.724. The molecule has 1 atom stereocenters. The standard InChI is InChI=1S/C19H23NO4S/c1-3-4-10-18(19(21)20-16-8-6-5-7-9-16)24-25(22,23)17-13-11-15(2)12-14-17/h5-9,11-14,18H,3-4,10H2,1-2H3,(H,20,21)/t18-/m0/s1. The Morgan fingerprint density at radius 3 is 2.32 bits per heavy atom. The third-order valence-electron chi connectivity index (χ3n) is 3.71. The van der Waals surface area contributed by atoms with Gasteiger partial charge in [-0.3, -0.25) is 8.98 Å². The van der Waals surface area contributed by atoms with Crippen molar-refractivity contribution >= 4 is 21.7 Å². The summed E-state index contributed by atoms with van der Waals surface area (Å²) in [5.74, 6) is -0.463. The highest BCUT2D eigenvalue weighted by Gasteiger charge is 2.27. The molecule has 0 saturated heterocycles. The molecule has 0 aromatic heterocycles. The molecule has 5 nitrogen and oxygen atoms in total. The molecule has 0 radical (unpaired) electrons. The molecule has 1 N–H and O–H groups in total. The highest BCUT2D eigenvalue weighted by molar-refractivity contribution is 7.86. The predicted molar refractivity (Wildman–Crippen MR) is 97.8 cm³/mol. The third kappa shape index (κ3) is 5.69. The van der Waals surface area contributed by atoms with Crippen LogP contribution < -0.4 is 5.32 Å². The minimum atomic E-state index is -4.00. The molecule has 0 aliphatic rings. The van der Waals surface area contributed by atoms with Gasteiger partial charge in [-0.05, 0) is 37.6 Å². The topological polar surface area (TPSA) is 72.5 Å². The Labute approximate surface area is 149 Å². The minimum Gasteiger partial charge on any atom is -0.324 e. The van der Waals surface area contributed by atoms with Crippen LogP contribution in [-0.4, -0.2) is 20.4 Å². The lowest BCUT2D eigenvalue weighted by Gasteiger charge is -2.17. The summed E-state index contributed by atoms with van der Waals surface area (Å²) in [7, 11) is -4.00. The Kier molecular flexibility index (Phi) is 6.73. The molecule has 2 aromatic rings. The van der Waals surface area contributed by atoms with Crippen molar-refractivity contribution in [2.45, 2.75) is 44.1 Å². The van der Waals surface area contributed by atoms with Gasteiger partial charge in [0.1, 0.15) is 0 Å². The van der Waals surface area contributed by atoms with Gasteiger partial charge in [0.25, 0.3) is 16.0 Å². The van der Waals surface area contributed by atoms with Gasteiger partial charge in [-0.2, -0.15) is 8.42 Å². The van der Waals surface area contributed by atoms with E-state index < -0.39 is 22.1 Å². The molecular weight excluding hydrogens is 338 g/mol. The van der Waals surface area contributed by atoms with Crippen LogP contribution >= 0.6 is 0 Å². The zero-order valence-corrected chi connectivity index (χ0v) is 15.3. The predicted octanol–water partition coefficient (Wildman–Crippen LogP) is 3.90. The van der Waals surface area contributed by atoms with Crippen molar-refractivity contribution in [3.63, 3.8) is 0 Å². The highest BCUT2D eigenvalue weighted by Crippen LogP contribution is 2.19. The normalized spacial score (nSPS) is 12.6. The van der Waals surface area contributed by atoms with Gasteiger partial charge < -0.3 is 5.32 Å². The average molecular weight is 361 g/mol. The van der Waals surface area contributed by atoms with Crippen LogP contribution in [0.4, 0.5) is 5.69 Å². The van der Waals surface area contributed by atoms with Gasteiger partial charge in [0.15, 0.2) is 6.10 Å². The molecule has 0 heterocycles. The second kappa shape index (κ2) is 8.78. The minimum absolute atomic E-state index is 0.0482. The SMILES string of the molecule is CCCC[C@H](OS(=O)(=O)c1ccc(C)cc1)C(=O)Nc1ccccc1. The van der Waals surface area contributed by atoms with E-state index >= 15 is 0 Å². The number of benzene rings is 2. The average Bonchev–Trinajstić information content (AvgIpc) is 2.59. The zero-order valence-electron chi connectivity index (χ0n) is 14.4. The largest absolute Gasteiger partial charge is 0.324 e. The maximum Gasteiger partial charge on any atom is 0.297 e. The number of nitrogens with one attached hydrogen (secondary N) is 1. The lowest BCUT2D eigenvalue weighted by atomic mass is 10.1. The van der Waals surface area contributed by atoms with Gasteiger partial charge in [-0.25, -0.2) is 0 Å². The molecule has 2 aromatic carbocycles. The van der Waals surface area contributed by atoms with Gasteiger partial charge >= 0.3 is 0 Å². The fourth-order valence-electron chi connectivity index (χ4n) is 2.27. The van der Waals surface area contributed by atoms with E-state index in [9.17, 15) is 13.2 Å². The summed E-state index contributed by atoms with van der Waals surface area (Å²) in [5, 5.41) is 2.71. The van der Waals surface area contributed by atoms with E-state index in [1.54, 1.807) is 36.4 Å². The fourth-order valence-corrected chi connectivity index (χ4v) is 3.34. The number of anilines is 1. The Balaban J connectivity index is 2.15. The molecule has 0 aliphatic heterocycles. The van der Waals surface area contributed by atoms with E-state index in [0.717, 1.165) is 12.0 Å². The molecule has 0 fully saturated rings. The summed E-state index contributed by atoms with van der Waals surface area (Å²) >= 11 is 0. The molecule has 0 spiro atoms. The summed E-state index contributed by atoms with van der Waals surface area (Å²) in [6.07, 6.45) is 0.797. The molecule has 0 unspecified atom stereocenters. The van der Waals surface area contributed by atoms with Crippen molar-refractivity contribution in [1.82, 2.24) is 0 Å². The summed E-state index contributed by atoms with van der Waals surface area (Å²) in [6.45, 7) is 3.84. The second-order valence-electron chi connectivity index (χ2n) is 5.85. The number of unbranched alkanes of at least 4 members (excludes halogenated alkanes) is 1. The first-order chi connectivity index (χ1) is 11.9. The van der Waals surface area contributed by atoms with Gasteiger partial charge in [0.2, 0.25) is 0 Å². The lowest BCUT2D eigenvalue weighted by Crippen LogP contribution is -2.32. The number of carbonyl (C=O) groups excluding carboxylic acids is 1. The molecule has 2 rings (SSSR count). The van der Waals surface area contributed by atoms with E-state index in [-0.39, 0.29) is 4.90 Å². The van der Waals surface area contributed by atoms with Crippen LogP contribution in [0.2, 0.25) is 0 Å². The third-order valence-corrected chi connectivity index (χ3v) is 5.04. The number of carbonyl (C=O) groups is 1. The van der Waals surface area contributed by atoms with Crippen LogP contribution in [0, 0.1) is 6.92 Å². The number of hydrogen-bond acceptors (Lipinski definition) is 4. The molecule has 6 heteroatoms. The van der Waals surface area contributed by atoms with Gasteiger partial charge in [-0.1, -0.05) is 55.7 Å². The molecule has 0 saturated carbocycles. The summed E-state index contributed by atoms with van der Waals surface area (Å²) in [5.41, 5.74) is 1.55. The fraction of sp³-hybridized carbons (Fsp3) is 0.316. The van der Waals surface area contributed by atoms with Crippen molar-refractivity contribution in [1.29, 1.82) is 0 Å². The number of aryl methyl sites for hydroxylation is 1. The van der Waals surface area contributed by atoms with E-state index in [0.29, 0.717) is 18.5 Å². The van der Waals surface area contributed by atoms with E-state index in [4.69, 9.17) is 4.18 Å². The van der Waals surface area contributed by atoms with Crippen LogP contribution in [0.15, 0.2) is 59.5 Å². The molecule has 0 bridgehead atoms. The summed E-state index contributed by atoms with van der Waals surface area (Å²) in [6, 6.07) is 15.3. The van der Waals surface area contributed by atoms with Crippen LogP contribution in [0.5, 0.6) is 0 Å². The van der Waals surface area contributed by atoms with Crippen molar-refractivity contribution in [3.05, 3.63) is 60.2 Å². The van der Waals surface area contributed by atoms with Crippen molar-refractivity contribution in [3.8, 4) is 0 Å². The number of rotatable bonds is 8. The molecule has 25 heavy (non-hydrogen) atoms. The van der Waals surface area contributed by atoms with E-state index in [2.05, 4.69) is 5.32 Å². The first-order valence-corrected chi connectivity index (χ1v) is 9.69. The summed E-state index contributed by atoms with van der Waals surface area (Å²) in [4.78, 5) is 12.5. The number of hydrogen-bond donors (Lipinski definition) is 1.